The van der Waals surface area contributed by atoms with Crippen molar-refractivity contribution in [3.05, 3.63) is 36.3 Å². The van der Waals surface area contributed by atoms with E-state index in [4.69, 9.17) is 5.84 Å². The van der Waals surface area contributed by atoms with E-state index in [1.54, 1.807) is 36.1 Å². The van der Waals surface area contributed by atoms with Crippen LogP contribution in [0.4, 0.5) is 11.5 Å². The average molecular weight is 232 g/mol. The number of amides is 1. The molecule has 0 spiro atoms. The van der Waals surface area contributed by atoms with Crippen molar-refractivity contribution in [3.8, 4) is 0 Å². The summed E-state index contributed by atoms with van der Waals surface area (Å²) in [6.45, 7) is 0. The normalized spacial score (nSPS) is 10.0. The summed E-state index contributed by atoms with van der Waals surface area (Å²) in [7, 11) is 1.74. The van der Waals surface area contributed by atoms with E-state index in [2.05, 4.69) is 20.8 Å². The Labute approximate surface area is 97.6 Å². The first-order chi connectivity index (χ1) is 8.20. The van der Waals surface area contributed by atoms with Gasteiger partial charge in [-0.05, 0) is 12.1 Å². The lowest BCUT2D eigenvalue weighted by Crippen LogP contribution is -2.16. The van der Waals surface area contributed by atoms with Crippen molar-refractivity contribution in [3.63, 3.8) is 0 Å². The fraction of sp³-hybridized carbons (Fsp3) is 0.100. The predicted octanol–water partition coefficient (Wildman–Crippen LogP) is 0.353. The maximum Gasteiger partial charge on any atom is 0.275 e. The van der Waals surface area contributed by atoms with Crippen LogP contribution in [0.3, 0.4) is 0 Å². The van der Waals surface area contributed by atoms with Gasteiger partial charge >= 0.3 is 0 Å². The van der Waals surface area contributed by atoms with Crippen molar-refractivity contribution in [1.82, 2.24) is 14.8 Å². The molecule has 2 aromatic heterocycles. The minimum absolute atomic E-state index is 0.279. The maximum absolute atomic E-state index is 11.8. The molecule has 0 radical (unpaired) electrons. The molecule has 0 aliphatic rings. The summed E-state index contributed by atoms with van der Waals surface area (Å²) in [4.78, 5) is 15.8. The number of nitrogens with two attached hydrogens (primary N) is 1. The number of nitrogens with zero attached hydrogens (tertiary/aromatic N) is 3. The molecule has 0 saturated carbocycles. The van der Waals surface area contributed by atoms with E-state index in [0.29, 0.717) is 11.5 Å². The highest BCUT2D eigenvalue weighted by Gasteiger charge is 2.09. The number of carbonyl (C=O) groups is 1. The lowest BCUT2D eigenvalue weighted by molar-refractivity contribution is 0.102. The molecule has 4 N–H and O–H groups in total. The lowest BCUT2D eigenvalue weighted by atomic mass is 10.3. The van der Waals surface area contributed by atoms with Gasteiger partial charge in [0.2, 0.25) is 0 Å². The standard InChI is InChI=1S/C10H12N6O/c1-16-9(3-5-13-16)14-10(17)8-6-7(15-11)2-4-12-8/h2-6H,11H2,1H3,(H,12,15)(H,14,17). The zero-order chi connectivity index (χ0) is 12.3. The van der Waals surface area contributed by atoms with Crippen LogP contribution in [0, 0.1) is 0 Å². The molecule has 0 aliphatic heterocycles. The Hall–Kier alpha value is -2.41. The average Bonchev–Trinajstić information content (AvgIpc) is 2.75. The van der Waals surface area contributed by atoms with E-state index in [1.165, 1.54) is 6.20 Å². The van der Waals surface area contributed by atoms with Gasteiger partial charge in [0.1, 0.15) is 11.5 Å². The summed E-state index contributed by atoms with van der Waals surface area (Å²) in [6.07, 6.45) is 3.11. The fourth-order valence-corrected chi connectivity index (χ4v) is 1.32. The van der Waals surface area contributed by atoms with Crippen molar-refractivity contribution in [2.24, 2.45) is 12.9 Å². The van der Waals surface area contributed by atoms with Crippen LogP contribution in [0.2, 0.25) is 0 Å². The quantitative estimate of drug-likeness (QED) is 0.524. The number of pyridine rings is 1. The van der Waals surface area contributed by atoms with Crippen LogP contribution in [0.15, 0.2) is 30.6 Å². The van der Waals surface area contributed by atoms with E-state index in [0.717, 1.165) is 0 Å². The van der Waals surface area contributed by atoms with Crippen molar-refractivity contribution >= 4 is 17.4 Å². The molecule has 7 nitrogen and oxygen atoms in total. The van der Waals surface area contributed by atoms with Crippen LogP contribution in [-0.2, 0) is 7.05 Å². The molecule has 0 saturated heterocycles. The third kappa shape index (κ3) is 2.40. The van der Waals surface area contributed by atoms with Gasteiger partial charge in [-0.25, -0.2) is 0 Å². The number of aromatic nitrogens is 3. The highest BCUT2D eigenvalue weighted by atomic mass is 16.2. The summed E-state index contributed by atoms with van der Waals surface area (Å²) in [5.41, 5.74) is 3.35. The second kappa shape index (κ2) is 4.62. The number of anilines is 2. The molecule has 0 unspecified atom stereocenters. The van der Waals surface area contributed by atoms with E-state index in [9.17, 15) is 4.79 Å². The molecule has 0 aromatic carbocycles. The van der Waals surface area contributed by atoms with Crippen molar-refractivity contribution in [2.75, 3.05) is 10.7 Å². The van der Waals surface area contributed by atoms with Gasteiger partial charge in [-0.15, -0.1) is 0 Å². The van der Waals surface area contributed by atoms with Gasteiger partial charge in [-0.1, -0.05) is 0 Å². The summed E-state index contributed by atoms with van der Waals surface area (Å²) in [5.74, 6) is 5.54. The fourth-order valence-electron chi connectivity index (χ4n) is 1.32. The van der Waals surface area contributed by atoms with Crippen LogP contribution in [0.5, 0.6) is 0 Å². The van der Waals surface area contributed by atoms with E-state index in [1.807, 2.05) is 0 Å². The van der Waals surface area contributed by atoms with Gasteiger partial charge in [0, 0.05) is 19.3 Å². The number of carbonyl (C=O) groups excluding carboxylic acids is 1. The summed E-state index contributed by atoms with van der Waals surface area (Å²) < 4.78 is 1.56. The zero-order valence-electron chi connectivity index (χ0n) is 9.21. The van der Waals surface area contributed by atoms with Gasteiger partial charge in [-0.2, -0.15) is 5.10 Å². The third-order valence-corrected chi connectivity index (χ3v) is 2.22. The Bertz CT molecular complexity index is 535. The second-order valence-corrected chi connectivity index (χ2v) is 3.37. The van der Waals surface area contributed by atoms with Gasteiger partial charge in [-0.3, -0.25) is 20.3 Å². The SMILES string of the molecule is Cn1nccc1NC(=O)c1cc(NN)ccn1. The van der Waals surface area contributed by atoms with Crippen molar-refractivity contribution in [1.29, 1.82) is 0 Å². The molecule has 88 valence electrons. The number of hydrazine groups is 1. The molecule has 2 heterocycles. The summed E-state index contributed by atoms with van der Waals surface area (Å²) >= 11 is 0. The van der Waals surface area contributed by atoms with Gasteiger partial charge < -0.3 is 10.7 Å². The molecule has 2 rings (SSSR count). The Balaban J connectivity index is 2.17. The number of aryl methyl sites for hydroxylation is 1. The lowest BCUT2D eigenvalue weighted by Gasteiger charge is -2.05. The number of nitrogens with one attached hydrogen (secondary N) is 2. The van der Waals surface area contributed by atoms with E-state index >= 15 is 0 Å². The Morgan fingerprint density at radius 3 is 2.88 bits per heavy atom. The molecule has 0 atom stereocenters. The first-order valence-electron chi connectivity index (χ1n) is 4.92. The van der Waals surface area contributed by atoms with Gasteiger partial charge in [0.25, 0.3) is 5.91 Å². The Morgan fingerprint density at radius 2 is 2.24 bits per heavy atom. The number of rotatable bonds is 3. The van der Waals surface area contributed by atoms with Gasteiger partial charge in [0.05, 0.1) is 11.9 Å². The number of hydrogen-bond acceptors (Lipinski definition) is 5. The molecule has 2 aromatic rings. The number of hydrogen-bond donors (Lipinski definition) is 3. The van der Waals surface area contributed by atoms with Crippen LogP contribution >= 0.6 is 0 Å². The molecule has 17 heavy (non-hydrogen) atoms. The predicted molar refractivity (Wildman–Crippen MR) is 63.2 cm³/mol. The highest BCUT2D eigenvalue weighted by Crippen LogP contribution is 2.09. The molecule has 1 amide bonds. The van der Waals surface area contributed by atoms with Crippen molar-refractivity contribution < 1.29 is 4.79 Å². The molecule has 0 aliphatic carbocycles. The topological polar surface area (TPSA) is 97.9 Å². The molecule has 7 heteroatoms. The van der Waals surface area contributed by atoms with Crippen LogP contribution in [0.25, 0.3) is 0 Å². The third-order valence-electron chi connectivity index (χ3n) is 2.22. The first kappa shape index (κ1) is 11.1. The Kier molecular flexibility index (Phi) is 3.01. The number of nitrogen functional groups attached to an aromatic ring is 1. The smallest absolute Gasteiger partial charge is 0.275 e. The monoisotopic (exact) mass is 232 g/mol. The minimum Gasteiger partial charge on any atom is -0.324 e. The van der Waals surface area contributed by atoms with Crippen molar-refractivity contribution in [2.45, 2.75) is 0 Å². The second-order valence-electron chi connectivity index (χ2n) is 3.37. The molecular formula is C10H12N6O. The van der Waals surface area contributed by atoms with Crippen LogP contribution in [-0.4, -0.2) is 20.7 Å². The molecule has 0 fully saturated rings. The highest BCUT2D eigenvalue weighted by molar-refractivity contribution is 6.02. The zero-order valence-corrected chi connectivity index (χ0v) is 9.21. The minimum atomic E-state index is -0.314. The maximum atomic E-state index is 11.8. The van der Waals surface area contributed by atoms with Crippen LogP contribution in [0.1, 0.15) is 10.5 Å². The molecular weight excluding hydrogens is 220 g/mol. The largest absolute Gasteiger partial charge is 0.324 e. The van der Waals surface area contributed by atoms with E-state index in [-0.39, 0.29) is 11.6 Å². The van der Waals surface area contributed by atoms with Gasteiger partial charge in [0.15, 0.2) is 0 Å². The van der Waals surface area contributed by atoms with Crippen LogP contribution < -0.4 is 16.6 Å². The van der Waals surface area contributed by atoms with E-state index < -0.39 is 0 Å². The molecule has 0 bridgehead atoms. The summed E-state index contributed by atoms with van der Waals surface area (Å²) in [6, 6.07) is 4.93. The first-order valence-corrected chi connectivity index (χ1v) is 4.92. The Morgan fingerprint density at radius 1 is 1.41 bits per heavy atom. The summed E-state index contributed by atoms with van der Waals surface area (Å²) in [5, 5.41) is 6.63.